The van der Waals surface area contributed by atoms with E-state index in [9.17, 15) is 4.79 Å². The third-order valence-electron chi connectivity index (χ3n) is 4.60. The molecule has 1 aromatic carbocycles. The van der Waals surface area contributed by atoms with Gasteiger partial charge in [0.15, 0.2) is 0 Å². The molecule has 0 saturated heterocycles. The van der Waals surface area contributed by atoms with Crippen molar-refractivity contribution in [3.8, 4) is 5.75 Å². The van der Waals surface area contributed by atoms with Crippen molar-refractivity contribution in [1.29, 1.82) is 0 Å². The molecular formula is C21H31N3O3. The Morgan fingerprint density at radius 2 is 1.96 bits per heavy atom. The normalized spacial score (nSPS) is 13.4. The molecule has 0 aliphatic rings. The predicted molar refractivity (Wildman–Crippen MR) is 106 cm³/mol. The minimum absolute atomic E-state index is 0.0204. The van der Waals surface area contributed by atoms with E-state index in [2.05, 4.69) is 24.3 Å². The van der Waals surface area contributed by atoms with E-state index < -0.39 is 0 Å². The van der Waals surface area contributed by atoms with Crippen LogP contribution in [0.5, 0.6) is 5.75 Å². The molecule has 1 unspecified atom stereocenters. The molecule has 0 aliphatic heterocycles. The molecule has 148 valence electrons. The van der Waals surface area contributed by atoms with Gasteiger partial charge in [0.05, 0.1) is 17.7 Å². The Morgan fingerprint density at radius 3 is 2.48 bits per heavy atom. The number of aromatic nitrogens is 1. The highest BCUT2D eigenvalue weighted by Gasteiger charge is 2.25. The third kappa shape index (κ3) is 6.10. The number of hydrogen-bond acceptors (Lipinski definition) is 5. The molecule has 0 aliphatic carbocycles. The van der Waals surface area contributed by atoms with Crippen molar-refractivity contribution < 1.29 is 14.1 Å². The summed E-state index contributed by atoms with van der Waals surface area (Å²) >= 11 is 0. The molecule has 27 heavy (non-hydrogen) atoms. The van der Waals surface area contributed by atoms with E-state index in [4.69, 9.17) is 15.0 Å². The van der Waals surface area contributed by atoms with Crippen LogP contribution in [0.25, 0.3) is 0 Å². The van der Waals surface area contributed by atoms with E-state index in [-0.39, 0.29) is 11.4 Å². The summed E-state index contributed by atoms with van der Waals surface area (Å²) in [4.78, 5) is 12.4. The number of benzene rings is 1. The van der Waals surface area contributed by atoms with E-state index in [1.54, 1.807) is 0 Å². The maximum Gasteiger partial charge on any atom is 0.224 e. The zero-order valence-electron chi connectivity index (χ0n) is 17.0. The van der Waals surface area contributed by atoms with Crippen LogP contribution in [0.4, 0.5) is 0 Å². The van der Waals surface area contributed by atoms with Gasteiger partial charge in [0.2, 0.25) is 5.91 Å². The number of nitrogens with zero attached hydrogens (tertiary/aromatic N) is 1. The first kappa shape index (κ1) is 21.0. The largest absolute Gasteiger partial charge is 0.489 e. The van der Waals surface area contributed by atoms with Gasteiger partial charge < -0.3 is 20.3 Å². The average Bonchev–Trinajstić information content (AvgIpc) is 2.91. The number of nitrogens with one attached hydrogen (secondary N) is 1. The van der Waals surface area contributed by atoms with E-state index in [1.165, 1.54) is 0 Å². The van der Waals surface area contributed by atoms with Crippen molar-refractivity contribution >= 4 is 5.91 Å². The second-order valence-corrected chi connectivity index (χ2v) is 7.82. The lowest BCUT2D eigenvalue weighted by Crippen LogP contribution is -2.52. The summed E-state index contributed by atoms with van der Waals surface area (Å²) in [7, 11) is 0. The molecule has 6 heteroatoms. The second-order valence-electron chi connectivity index (χ2n) is 7.82. The smallest absolute Gasteiger partial charge is 0.224 e. The molecule has 0 fully saturated rings. The van der Waals surface area contributed by atoms with Crippen LogP contribution in [0.3, 0.4) is 0 Å². The van der Waals surface area contributed by atoms with Gasteiger partial charge in [0.1, 0.15) is 18.1 Å². The van der Waals surface area contributed by atoms with Crippen molar-refractivity contribution in [3.63, 3.8) is 0 Å². The molecular weight excluding hydrogens is 342 g/mol. The highest BCUT2D eigenvalue weighted by Crippen LogP contribution is 2.19. The van der Waals surface area contributed by atoms with Crippen molar-refractivity contribution in [3.05, 3.63) is 46.8 Å². The Hall–Kier alpha value is -2.34. The minimum atomic E-state index is -0.372. The van der Waals surface area contributed by atoms with E-state index in [0.717, 1.165) is 34.8 Å². The Balaban J connectivity index is 1.90. The van der Waals surface area contributed by atoms with Crippen LogP contribution in [0.15, 0.2) is 28.8 Å². The minimum Gasteiger partial charge on any atom is -0.489 e. The van der Waals surface area contributed by atoms with Crippen LogP contribution in [0.1, 0.15) is 49.8 Å². The summed E-state index contributed by atoms with van der Waals surface area (Å²) in [5, 5.41) is 7.00. The number of amides is 1. The molecule has 6 nitrogen and oxygen atoms in total. The lowest BCUT2D eigenvalue weighted by atomic mass is 9.90. The van der Waals surface area contributed by atoms with E-state index >= 15 is 0 Å². The van der Waals surface area contributed by atoms with Gasteiger partial charge in [-0.1, -0.05) is 31.1 Å². The summed E-state index contributed by atoms with van der Waals surface area (Å²) in [5.74, 6) is 1.96. The number of carbonyl (C=O) groups is 1. The van der Waals surface area contributed by atoms with Gasteiger partial charge in [-0.3, -0.25) is 4.79 Å². The first-order chi connectivity index (χ1) is 12.7. The highest BCUT2D eigenvalue weighted by molar-refractivity contribution is 5.79. The Morgan fingerprint density at radius 1 is 1.30 bits per heavy atom. The molecule has 0 bridgehead atoms. The second kappa shape index (κ2) is 9.04. The molecule has 3 N–H and O–H groups in total. The number of carbonyl (C=O) groups excluding carboxylic acids is 1. The van der Waals surface area contributed by atoms with Crippen LogP contribution in [-0.2, 0) is 17.8 Å². The number of ether oxygens (including phenoxy) is 1. The molecule has 2 aromatic rings. The molecule has 1 heterocycles. The lowest BCUT2D eigenvalue weighted by Gasteiger charge is -2.31. The highest BCUT2D eigenvalue weighted by atomic mass is 16.5. The summed E-state index contributed by atoms with van der Waals surface area (Å²) in [6, 6.07) is 7.56. The van der Waals surface area contributed by atoms with Gasteiger partial charge in [0.25, 0.3) is 0 Å². The van der Waals surface area contributed by atoms with Gasteiger partial charge in [0, 0.05) is 12.1 Å². The van der Waals surface area contributed by atoms with Gasteiger partial charge in [-0.2, -0.15) is 0 Å². The van der Waals surface area contributed by atoms with Crippen molar-refractivity contribution in [2.24, 2.45) is 11.7 Å². The van der Waals surface area contributed by atoms with Crippen LogP contribution < -0.4 is 15.8 Å². The Labute approximate surface area is 161 Å². The quantitative estimate of drug-likeness (QED) is 0.704. The number of nitrogens with two attached hydrogens (primary N) is 1. The van der Waals surface area contributed by atoms with Crippen LogP contribution in [0, 0.1) is 19.8 Å². The summed E-state index contributed by atoms with van der Waals surface area (Å²) in [6.07, 6.45) is 1.17. The molecule has 2 rings (SSSR count). The first-order valence-corrected chi connectivity index (χ1v) is 9.37. The van der Waals surface area contributed by atoms with E-state index in [0.29, 0.717) is 25.5 Å². The Bertz CT molecular complexity index is 733. The summed E-state index contributed by atoms with van der Waals surface area (Å²) in [6.45, 7) is 10.8. The monoisotopic (exact) mass is 373 g/mol. The van der Waals surface area contributed by atoms with E-state index in [1.807, 2.05) is 45.0 Å². The maximum atomic E-state index is 12.4. The maximum absolute atomic E-state index is 12.4. The fourth-order valence-corrected chi connectivity index (χ4v) is 3.22. The molecule has 1 amide bonds. The van der Waals surface area contributed by atoms with Gasteiger partial charge >= 0.3 is 0 Å². The van der Waals surface area contributed by atoms with Crippen molar-refractivity contribution in [1.82, 2.24) is 10.5 Å². The first-order valence-electron chi connectivity index (χ1n) is 9.37. The Kier molecular flexibility index (Phi) is 7.02. The van der Waals surface area contributed by atoms with Crippen molar-refractivity contribution in [2.75, 3.05) is 6.54 Å². The fraction of sp³-hybridized carbons (Fsp3) is 0.524. The molecule has 0 radical (unpaired) electrons. The third-order valence-corrected chi connectivity index (χ3v) is 4.60. The molecule has 0 saturated carbocycles. The summed E-state index contributed by atoms with van der Waals surface area (Å²) < 4.78 is 10.9. The lowest BCUT2D eigenvalue weighted by molar-refractivity contribution is -0.122. The zero-order valence-corrected chi connectivity index (χ0v) is 17.0. The van der Waals surface area contributed by atoms with Gasteiger partial charge in [-0.05, 0) is 50.8 Å². The molecule has 1 atom stereocenters. The number of hydrogen-bond donors (Lipinski definition) is 2. The van der Waals surface area contributed by atoms with Crippen molar-refractivity contribution in [2.45, 2.75) is 59.6 Å². The van der Waals surface area contributed by atoms with Crippen LogP contribution >= 0.6 is 0 Å². The van der Waals surface area contributed by atoms with Gasteiger partial charge in [-0.25, -0.2) is 0 Å². The SMILES string of the molecule is Cc1noc(C)c1COc1ccc(CC(=O)NC(C)(CN)CC(C)C)cc1. The fourth-order valence-electron chi connectivity index (χ4n) is 3.22. The predicted octanol–water partition coefficient (Wildman–Crippen LogP) is 3.29. The zero-order chi connectivity index (χ0) is 20.0. The molecule has 0 spiro atoms. The van der Waals surface area contributed by atoms with Gasteiger partial charge in [-0.15, -0.1) is 0 Å². The summed E-state index contributed by atoms with van der Waals surface area (Å²) in [5.41, 5.74) is 8.23. The average molecular weight is 373 g/mol. The molecule has 1 aromatic heterocycles. The topological polar surface area (TPSA) is 90.4 Å². The number of aryl methyl sites for hydroxylation is 2. The van der Waals surface area contributed by atoms with Crippen LogP contribution in [-0.4, -0.2) is 23.1 Å². The van der Waals surface area contributed by atoms with Crippen LogP contribution in [0.2, 0.25) is 0 Å². The number of rotatable bonds is 9. The standard InChI is InChI=1S/C21H31N3O3/c1-14(2)11-21(5,13-22)23-20(25)10-17-6-8-18(9-7-17)26-12-19-15(3)24-27-16(19)4/h6-9,14H,10-13,22H2,1-5H3,(H,23,25).